The fraction of sp³-hybridized carbons (Fsp3) is 0.870. The number of carbonyl (C=O) groups is 1. The van der Waals surface area contributed by atoms with E-state index in [0.29, 0.717) is 12.0 Å². The van der Waals surface area contributed by atoms with Crippen molar-refractivity contribution in [3.63, 3.8) is 0 Å². The monoisotopic (exact) mass is 394 g/mol. The van der Waals surface area contributed by atoms with Crippen LogP contribution in [0, 0.1) is 23.7 Å². The van der Waals surface area contributed by atoms with E-state index in [4.69, 9.17) is 17.3 Å². The van der Waals surface area contributed by atoms with E-state index >= 15 is 0 Å². The van der Waals surface area contributed by atoms with Crippen molar-refractivity contribution in [2.75, 3.05) is 0 Å². The second-order valence-corrected chi connectivity index (χ2v) is 10.0. The standard InChI is InChI=1S/C23H39ClN2O/c24-21-13-11-19(12-14-21)15-17-5-1-2-6-18(10-9-17)16-20-7-3-4-8-22(20)26-23(25)27/h11,13,17-22H,1-10,12,14-16H2,(H3,25,26,27). The molecule has 0 radical (unpaired) electrons. The third kappa shape index (κ3) is 7.00. The molecule has 0 saturated heterocycles. The summed E-state index contributed by atoms with van der Waals surface area (Å²) in [6.45, 7) is 0. The number of rotatable bonds is 5. The first-order valence-corrected chi connectivity index (χ1v) is 11.9. The molecule has 0 aromatic carbocycles. The number of urea groups is 1. The summed E-state index contributed by atoms with van der Waals surface area (Å²) >= 11 is 6.21. The zero-order valence-corrected chi connectivity index (χ0v) is 17.6. The topological polar surface area (TPSA) is 55.1 Å². The number of hydrogen-bond acceptors (Lipinski definition) is 1. The van der Waals surface area contributed by atoms with Gasteiger partial charge in [-0.15, -0.1) is 11.6 Å². The predicted molar refractivity (Wildman–Crippen MR) is 114 cm³/mol. The second-order valence-electron chi connectivity index (χ2n) is 9.46. The van der Waals surface area contributed by atoms with Crippen LogP contribution in [-0.2, 0) is 0 Å². The lowest BCUT2D eigenvalue weighted by atomic mass is 9.74. The van der Waals surface area contributed by atoms with E-state index in [1.54, 1.807) is 0 Å². The van der Waals surface area contributed by atoms with E-state index < -0.39 is 0 Å². The second kappa shape index (κ2) is 10.7. The van der Waals surface area contributed by atoms with Gasteiger partial charge in [0, 0.05) is 6.04 Å². The van der Waals surface area contributed by atoms with E-state index in [1.807, 2.05) is 0 Å². The summed E-state index contributed by atoms with van der Waals surface area (Å²) in [5, 5.41) is 3.30. The number of alkyl halides is 1. The molecule has 2 amide bonds. The Morgan fingerprint density at radius 2 is 1.52 bits per heavy atom. The molecule has 0 aromatic rings. The third-order valence-electron chi connectivity index (χ3n) is 7.37. The summed E-state index contributed by atoms with van der Waals surface area (Å²) in [5.74, 6) is 3.11. The molecule has 6 atom stereocenters. The highest BCUT2D eigenvalue weighted by molar-refractivity contribution is 6.21. The molecule has 3 aliphatic rings. The van der Waals surface area contributed by atoms with Crippen LogP contribution in [0.2, 0.25) is 0 Å². The minimum atomic E-state index is -0.343. The zero-order chi connectivity index (χ0) is 19.1. The van der Waals surface area contributed by atoms with Crippen LogP contribution >= 0.6 is 11.6 Å². The Bertz CT molecular complexity index is 495. The van der Waals surface area contributed by atoms with Crippen LogP contribution in [0.15, 0.2) is 12.2 Å². The number of hydrogen-bond donors (Lipinski definition) is 2. The molecular weight excluding hydrogens is 356 g/mol. The number of carbonyl (C=O) groups excluding carboxylic acids is 1. The molecule has 2 fully saturated rings. The minimum absolute atomic E-state index is 0.264. The van der Waals surface area contributed by atoms with Crippen molar-refractivity contribution in [2.24, 2.45) is 29.4 Å². The van der Waals surface area contributed by atoms with Crippen molar-refractivity contribution >= 4 is 17.6 Å². The van der Waals surface area contributed by atoms with Gasteiger partial charge in [-0.05, 0) is 62.2 Å². The average molecular weight is 395 g/mol. The van der Waals surface area contributed by atoms with Gasteiger partial charge in [0.2, 0.25) is 0 Å². The smallest absolute Gasteiger partial charge is 0.312 e. The summed E-state index contributed by atoms with van der Waals surface area (Å²) in [6.07, 6.45) is 22.9. The predicted octanol–water partition coefficient (Wildman–Crippen LogP) is 6.15. The first-order chi connectivity index (χ1) is 13.1. The van der Waals surface area contributed by atoms with E-state index in [2.05, 4.69) is 17.5 Å². The molecule has 0 aromatic heterocycles. The highest BCUT2D eigenvalue weighted by atomic mass is 35.5. The van der Waals surface area contributed by atoms with Crippen LogP contribution in [0.25, 0.3) is 0 Å². The largest absolute Gasteiger partial charge is 0.352 e. The summed E-state index contributed by atoms with van der Waals surface area (Å²) in [4.78, 5) is 11.4. The first-order valence-electron chi connectivity index (χ1n) is 11.5. The summed E-state index contributed by atoms with van der Waals surface area (Å²) in [5.41, 5.74) is 5.42. The molecule has 0 aliphatic heterocycles. The third-order valence-corrected chi connectivity index (χ3v) is 7.74. The quantitative estimate of drug-likeness (QED) is 0.426. The van der Waals surface area contributed by atoms with E-state index in [1.165, 1.54) is 77.0 Å². The van der Waals surface area contributed by atoms with Gasteiger partial charge in [0.05, 0.1) is 5.38 Å². The summed E-state index contributed by atoms with van der Waals surface area (Å²) in [7, 11) is 0. The SMILES string of the molecule is NC(=O)NC1CCCCC1CC1CCCCC(CC2C=CC(Cl)CC2)CC1. The van der Waals surface area contributed by atoms with Gasteiger partial charge in [0.15, 0.2) is 0 Å². The Morgan fingerprint density at radius 3 is 2.19 bits per heavy atom. The molecule has 0 heterocycles. The molecule has 154 valence electrons. The summed E-state index contributed by atoms with van der Waals surface area (Å²) in [6, 6.07) is -0.0299. The fourth-order valence-corrected chi connectivity index (χ4v) is 6.07. The Kier molecular flexibility index (Phi) is 8.36. The van der Waals surface area contributed by atoms with Crippen LogP contribution in [0.3, 0.4) is 0 Å². The molecule has 6 unspecified atom stereocenters. The van der Waals surface area contributed by atoms with Crippen LogP contribution in [0.4, 0.5) is 4.79 Å². The lowest BCUT2D eigenvalue weighted by Gasteiger charge is -2.35. The number of halogens is 1. The van der Waals surface area contributed by atoms with Gasteiger partial charge in [-0.25, -0.2) is 4.79 Å². The van der Waals surface area contributed by atoms with Crippen molar-refractivity contribution in [1.82, 2.24) is 5.32 Å². The van der Waals surface area contributed by atoms with Gasteiger partial charge in [0.1, 0.15) is 0 Å². The average Bonchev–Trinajstić information content (AvgIpc) is 2.63. The van der Waals surface area contributed by atoms with Crippen molar-refractivity contribution in [1.29, 1.82) is 0 Å². The molecule has 2 saturated carbocycles. The Morgan fingerprint density at radius 1 is 0.852 bits per heavy atom. The van der Waals surface area contributed by atoms with Gasteiger partial charge in [-0.2, -0.15) is 0 Å². The fourth-order valence-electron chi connectivity index (χ4n) is 5.86. The van der Waals surface area contributed by atoms with Crippen LogP contribution in [0.5, 0.6) is 0 Å². The molecule has 4 heteroatoms. The molecule has 27 heavy (non-hydrogen) atoms. The molecular formula is C23H39ClN2O. The summed E-state index contributed by atoms with van der Waals surface area (Å²) < 4.78 is 0. The van der Waals surface area contributed by atoms with Gasteiger partial charge >= 0.3 is 6.03 Å². The zero-order valence-electron chi connectivity index (χ0n) is 16.9. The molecule has 3 N–H and O–H groups in total. The molecule has 0 spiro atoms. The Hall–Kier alpha value is -0.700. The number of nitrogens with one attached hydrogen (secondary N) is 1. The first kappa shape index (κ1) is 21.0. The molecule has 0 bridgehead atoms. The van der Waals surface area contributed by atoms with E-state index in [0.717, 1.165) is 30.6 Å². The minimum Gasteiger partial charge on any atom is -0.352 e. The normalized spacial score (nSPS) is 38.0. The van der Waals surface area contributed by atoms with Crippen molar-refractivity contribution < 1.29 is 4.79 Å². The van der Waals surface area contributed by atoms with Gasteiger partial charge in [-0.3, -0.25) is 0 Å². The lowest BCUT2D eigenvalue weighted by molar-refractivity contribution is 0.188. The van der Waals surface area contributed by atoms with E-state index in [9.17, 15) is 4.79 Å². The van der Waals surface area contributed by atoms with Crippen molar-refractivity contribution in [3.8, 4) is 0 Å². The van der Waals surface area contributed by atoms with Crippen LogP contribution in [0.1, 0.15) is 89.9 Å². The highest BCUT2D eigenvalue weighted by Gasteiger charge is 2.29. The van der Waals surface area contributed by atoms with Gasteiger partial charge in [-0.1, -0.05) is 63.5 Å². The molecule has 3 rings (SSSR count). The van der Waals surface area contributed by atoms with Crippen LogP contribution < -0.4 is 11.1 Å². The van der Waals surface area contributed by atoms with Crippen LogP contribution in [-0.4, -0.2) is 17.5 Å². The van der Waals surface area contributed by atoms with Gasteiger partial charge < -0.3 is 11.1 Å². The number of primary amides is 1. The Labute approximate surface area is 170 Å². The highest BCUT2D eigenvalue weighted by Crippen LogP contribution is 2.38. The van der Waals surface area contributed by atoms with Crippen molar-refractivity contribution in [2.45, 2.75) is 101 Å². The van der Waals surface area contributed by atoms with Crippen molar-refractivity contribution in [3.05, 3.63) is 12.2 Å². The molecule has 3 aliphatic carbocycles. The maximum absolute atomic E-state index is 11.4. The maximum Gasteiger partial charge on any atom is 0.312 e. The van der Waals surface area contributed by atoms with Gasteiger partial charge in [0.25, 0.3) is 0 Å². The van der Waals surface area contributed by atoms with E-state index in [-0.39, 0.29) is 11.4 Å². The number of allylic oxidation sites excluding steroid dienone is 2. The molecule has 3 nitrogen and oxygen atoms in total. The maximum atomic E-state index is 11.4. The number of amides is 2. The Balaban J connectivity index is 1.48. The number of nitrogens with two attached hydrogens (primary N) is 1. The lowest BCUT2D eigenvalue weighted by Crippen LogP contribution is -2.45.